The van der Waals surface area contributed by atoms with Gasteiger partial charge >= 0.3 is 5.97 Å². The third-order valence-corrected chi connectivity index (χ3v) is 8.38. The number of nitrogens with zero attached hydrogens (tertiary/aromatic N) is 2. The SMILES string of the molecule is C#C/C(Cl)=C\C(=C/CCl)C1=NC2(CCC(C(C)(C)C)CC2)N(C(C)Cc2ccc(C(=O)NCCC(=O)O)cc2)C1=O. The second kappa shape index (κ2) is 13.7. The third-order valence-electron chi connectivity index (χ3n) is 8.00. The van der Waals surface area contributed by atoms with Crippen LogP contribution < -0.4 is 5.32 Å². The molecule has 0 bridgehead atoms. The van der Waals surface area contributed by atoms with E-state index in [1.807, 2.05) is 24.0 Å². The number of hydrogen-bond acceptors (Lipinski definition) is 4. The summed E-state index contributed by atoms with van der Waals surface area (Å²) in [6.45, 7) is 8.86. The van der Waals surface area contributed by atoms with E-state index in [4.69, 9.17) is 39.7 Å². The highest BCUT2D eigenvalue weighted by molar-refractivity contribution is 6.48. The molecule has 1 spiro atoms. The molecule has 9 heteroatoms. The van der Waals surface area contributed by atoms with E-state index < -0.39 is 11.6 Å². The van der Waals surface area contributed by atoms with Crippen molar-refractivity contribution in [3.8, 4) is 12.3 Å². The summed E-state index contributed by atoms with van der Waals surface area (Å²) in [4.78, 5) is 44.1. The van der Waals surface area contributed by atoms with Crippen LogP contribution >= 0.6 is 23.2 Å². The minimum atomic E-state index is -0.969. The molecule has 7 nitrogen and oxygen atoms in total. The highest BCUT2D eigenvalue weighted by atomic mass is 35.5. The van der Waals surface area contributed by atoms with Gasteiger partial charge in [-0.3, -0.25) is 19.4 Å². The van der Waals surface area contributed by atoms with Gasteiger partial charge in [0.15, 0.2) is 0 Å². The van der Waals surface area contributed by atoms with Crippen molar-refractivity contribution in [1.82, 2.24) is 10.2 Å². The molecule has 1 aromatic rings. The lowest BCUT2D eigenvalue weighted by atomic mass is 9.69. The smallest absolute Gasteiger partial charge is 0.305 e. The quantitative estimate of drug-likeness (QED) is 0.197. The summed E-state index contributed by atoms with van der Waals surface area (Å²) in [6, 6.07) is 6.97. The molecule has 0 aromatic heterocycles. The zero-order valence-electron chi connectivity index (χ0n) is 24.2. The Morgan fingerprint density at radius 2 is 1.90 bits per heavy atom. The monoisotopic (exact) mass is 599 g/mol. The summed E-state index contributed by atoms with van der Waals surface area (Å²) in [6.07, 6.45) is 12.6. The van der Waals surface area contributed by atoms with Crippen LogP contribution in [0.4, 0.5) is 0 Å². The number of nitrogens with one attached hydrogen (secondary N) is 1. The number of carbonyl (C=O) groups excluding carboxylic acids is 2. The Morgan fingerprint density at radius 1 is 1.27 bits per heavy atom. The number of halogens is 2. The van der Waals surface area contributed by atoms with Crippen molar-refractivity contribution in [2.45, 2.75) is 77.9 Å². The molecule has 41 heavy (non-hydrogen) atoms. The number of rotatable bonds is 10. The topological polar surface area (TPSA) is 99.1 Å². The molecule has 1 aliphatic heterocycles. The number of carboxylic acids is 1. The van der Waals surface area contributed by atoms with Crippen molar-refractivity contribution in [3.63, 3.8) is 0 Å². The first kappa shape index (κ1) is 32.4. The number of aliphatic carboxylic acids is 1. The lowest BCUT2D eigenvalue weighted by Crippen LogP contribution is -2.54. The Morgan fingerprint density at radius 3 is 2.44 bits per heavy atom. The summed E-state index contributed by atoms with van der Waals surface area (Å²) < 4.78 is 0. The molecule has 2 amide bonds. The molecule has 1 unspecified atom stereocenters. The van der Waals surface area contributed by atoms with Gasteiger partial charge in [-0.25, -0.2) is 0 Å². The van der Waals surface area contributed by atoms with Gasteiger partial charge in [0.1, 0.15) is 11.4 Å². The first-order valence-corrected chi connectivity index (χ1v) is 14.9. The molecule has 1 fully saturated rings. The highest BCUT2D eigenvalue weighted by Crippen LogP contribution is 2.47. The van der Waals surface area contributed by atoms with Crippen LogP contribution in [0.15, 0.2) is 52.0 Å². The van der Waals surface area contributed by atoms with Crippen LogP contribution in [0.25, 0.3) is 0 Å². The van der Waals surface area contributed by atoms with E-state index in [1.165, 1.54) is 0 Å². The van der Waals surface area contributed by atoms with Crippen molar-refractivity contribution in [3.05, 3.63) is 58.1 Å². The molecule has 1 aromatic carbocycles. The van der Waals surface area contributed by atoms with Crippen molar-refractivity contribution in [2.24, 2.45) is 16.3 Å². The van der Waals surface area contributed by atoms with Gasteiger partial charge in [-0.2, -0.15) is 0 Å². The van der Waals surface area contributed by atoms with Crippen LogP contribution in [0.2, 0.25) is 0 Å². The van der Waals surface area contributed by atoms with Gasteiger partial charge in [0.25, 0.3) is 11.8 Å². The second-order valence-electron chi connectivity index (χ2n) is 11.9. The minimum Gasteiger partial charge on any atom is -0.481 e. The van der Waals surface area contributed by atoms with Gasteiger partial charge in [-0.05, 0) is 74.1 Å². The molecule has 3 rings (SSSR count). The van der Waals surface area contributed by atoms with Gasteiger partial charge in [0.05, 0.1) is 11.5 Å². The number of terminal acetylenes is 1. The fraction of sp³-hybridized carbons (Fsp3) is 0.500. The number of hydrogen-bond donors (Lipinski definition) is 2. The number of benzene rings is 1. The number of carbonyl (C=O) groups is 3. The summed E-state index contributed by atoms with van der Waals surface area (Å²) in [7, 11) is 0. The van der Waals surface area contributed by atoms with E-state index in [0.29, 0.717) is 29.2 Å². The van der Waals surface area contributed by atoms with E-state index in [0.717, 1.165) is 31.2 Å². The average molecular weight is 601 g/mol. The van der Waals surface area contributed by atoms with E-state index in [-0.39, 0.29) is 47.1 Å². The first-order valence-electron chi connectivity index (χ1n) is 13.9. The van der Waals surface area contributed by atoms with E-state index in [9.17, 15) is 14.4 Å². The van der Waals surface area contributed by atoms with Crippen LogP contribution in [0.3, 0.4) is 0 Å². The number of amides is 2. The maximum atomic E-state index is 14.1. The number of carboxylic acid groups (broad SMARTS) is 1. The van der Waals surface area contributed by atoms with Gasteiger partial charge < -0.3 is 15.3 Å². The van der Waals surface area contributed by atoms with Gasteiger partial charge in [-0.15, -0.1) is 18.0 Å². The zero-order valence-corrected chi connectivity index (χ0v) is 25.7. The van der Waals surface area contributed by atoms with Crippen molar-refractivity contribution < 1.29 is 19.5 Å². The largest absolute Gasteiger partial charge is 0.481 e. The Kier molecular flexibility index (Phi) is 10.9. The summed E-state index contributed by atoms with van der Waals surface area (Å²) in [5.74, 6) is 1.63. The van der Waals surface area contributed by atoms with Crippen molar-refractivity contribution in [1.29, 1.82) is 0 Å². The normalized spacial score (nSPS) is 22.4. The highest BCUT2D eigenvalue weighted by Gasteiger charge is 2.51. The van der Waals surface area contributed by atoms with Crippen LogP contribution in [0.1, 0.15) is 75.7 Å². The average Bonchev–Trinajstić information content (AvgIpc) is 3.19. The molecule has 1 saturated carbocycles. The summed E-state index contributed by atoms with van der Waals surface area (Å²) >= 11 is 12.2. The van der Waals surface area contributed by atoms with Gasteiger partial charge in [0, 0.05) is 29.6 Å². The van der Waals surface area contributed by atoms with Crippen LogP contribution in [0, 0.1) is 23.7 Å². The van der Waals surface area contributed by atoms with Crippen LogP contribution in [-0.2, 0) is 16.0 Å². The Hall–Kier alpha value is -3.08. The minimum absolute atomic E-state index is 0.0619. The number of alkyl halides is 1. The molecule has 2 N–H and O–H groups in total. The van der Waals surface area contributed by atoms with E-state index >= 15 is 0 Å². The van der Waals surface area contributed by atoms with Gasteiger partial charge in [0.2, 0.25) is 0 Å². The summed E-state index contributed by atoms with van der Waals surface area (Å²) in [5.41, 5.74) is 1.76. The van der Waals surface area contributed by atoms with Crippen molar-refractivity contribution in [2.75, 3.05) is 12.4 Å². The molecule has 1 heterocycles. The second-order valence-corrected chi connectivity index (χ2v) is 12.6. The Bertz CT molecular complexity index is 1280. The zero-order chi connectivity index (χ0) is 30.4. The maximum Gasteiger partial charge on any atom is 0.305 e. The lowest BCUT2D eigenvalue weighted by Gasteiger charge is -2.46. The molecule has 220 valence electrons. The molecular weight excluding hydrogens is 561 g/mol. The standard InChI is InChI=1S/C32H39Cl2N3O4/c1-6-26(34)20-24(13-17-33)28-30(41)37(32(36-28)15-11-25(12-16-32)31(3,4)5)21(2)19-22-7-9-23(10-8-22)29(40)35-18-14-27(38)39/h1,7-10,13,20-21,25H,11-12,14-19H2,2-5H3,(H,35,40)(H,38,39)/b24-13+,26-20+. The van der Waals surface area contributed by atoms with Crippen LogP contribution in [0.5, 0.6) is 0 Å². The number of aliphatic imine (C=N–C) groups is 1. The predicted molar refractivity (Wildman–Crippen MR) is 164 cm³/mol. The first-order chi connectivity index (χ1) is 19.3. The van der Waals surface area contributed by atoms with E-state index in [2.05, 4.69) is 32.0 Å². The molecule has 0 saturated heterocycles. The van der Waals surface area contributed by atoms with Gasteiger partial charge in [-0.1, -0.05) is 56.5 Å². The Balaban J connectivity index is 1.87. The summed E-state index contributed by atoms with van der Waals surface area (Å²) in [5, 5.41) is 11.6. The van der Waals surface area contributed by atoms with E-state index in [1.54, 1.807) is 24.3 Å². The Labute approximate surface area is 253 Å². The van der Waals surface area contributed by atoms with Crippen LogP contribution in [-0.4, -0.2) is 57.6 Å². The lowest BCUT2D eigenvalue weighted by molar-refractivity contribution is -0.137. The fourth-order valence-corrected chi connectivity index (χ4v) is 6.09. The molecule has 1 atom stereocenters. The maximum absolute atomic E-state index is 14.1. The molecule has 1 aliphatic carbocycles. The molecule has 0 radical (unpaired) electrons. The number of allylic oxidation sites excluding steroid dienone is 3. The fourth-order valence-electron chi connectivity index (χ4n) is 5.81. The molecule has 2 aliphatic rings. The predicted octanol–water partition coefficient (Wildman–Crippen LogP) is 5.96. The third kappa shape index (κ3) is 8.02. The van der Waals surface area contributed by atoms with Crippen molar-refractivity contribution >= 4 is 46.7 Å². The molecular formula is C32H39Cl2N3O4.